The highest BCUT2D eigenvalue weighted by Gasteiger charge is 2.38. The fourth-order valence-corrected chi connectivity index (χ4v) is 2.05. The molecular formula is C12H19ClN2O3. The van der Waals surface area contributed by atoms with Crippen molar-refractivity contribution >= 4 is 18.3 Å². The predicted molar refractivity (Wildman–Crippen MR) is 69.3 cm³/mol. The molecule has 3 N–H and O–H groups in total. The first kappa shape index (κ1) is 15.0. The Morgan fingerprint density at radius 1 is 1.44 bits per heavy atom. The molecule has 5 nitrogen and oxygen atoms in total. The molecule has 1 amide bonds. The third kappa shape index (κ3) is 3.25. The molecule has 0 unspecified atom stereocenters. The van der Waals surface area contributed by atoms with Gasteiger partial charge in [0.1, 0.15) is 5.76 Å². The van der Waals surface area contributed by atoms with Crippen LogP contribution in [-0.2, 0) is 16.1 Å². The molecule has 0 bridgehead atoms. The first-order valence-electron chi connectivity index (χ1n) is 5.85. The minimum Gasteiger partial charge on any atom is -0.467 e. The average Bonchev–Trinajstić information content (AvgIpc) is 2.90. The predicted octanol–water partition coefficient (Wildman–Crippen LogP) is 1.07. The van der Waals surface area contributed by atoms with Crippen molar-refractivity contribution in [3.05, 3.63) is 24.2 Å². The zero-order chi connectivity index (χ0) is 12.1. The fraction of sp³-hybridized carbons (Fsp3) is 0.583. The lowest BCUT2D eigenvalue weighted by Gasteiger charge is -2.34. The average molecular weight is 275 g/mol. The zero-order valence-corrected chi connectivity index (χ0v) is 11.0. The lowest BCUT2D eigenvalue weighted by molar-refractivity contribution is -0.136. The van der Waals surface area contributed by atoms with Crippen molar-refractivity contribution in [2.24, 2.45) is 11.1 Å². The normalized spacial score (nSPS) is 17.8. The van der Waals surface area contributed by atoms with Crippen LogP contribution in [0.2, 0.25) is 0 Å². The number of hydrogen-bond acceptors (Lipinski definition) is 4. The van der Waals surface area contributed by atoms with Gasteiger partial charge in [-0.2, -0.15) is 0 Å². The van der Waals surface area contributed by atoms with E-state index >= 15 is 0 Å². The monoisotopic (exact) mass is 274 g/mol. The Hall–Kier alpha value is -1.04. The second kappa shape index (κ2) is 6.78. The molecule has 102 valence electrons. The quantitative estimate of drug-likeness (QED) is 0.861. The van der Waals surface area contributed by atoms with Crippen LogP contribution in [0.3, 0.4) is 0 Å². The van der Waals surface area contributed by atoms with Crippen LogP contribution in [0.5, 0.6) is 0 Å². The summed E-state index contributed by atoms with van der Waals surface area (Å²) >= 11 is 0. The number of furan rings is 1. The molecule has 18 heavy (non-hydrogen) atoms. The van der Waals surface area contributed by atoms with Crippen LogP contribution in [-0.4, -0.2) is 25.7 Å². The highest BCUT2D eigenvalue weighted by atomic mass is 35.5. The molecule has 1 aliphatic rings. The van der Waals surface area contributed by atoms with Gasteiger partial charge in [0.25, 0.3) is 0 Å². The van der Waals surface area contributed by atoms with Crippen LogP contribution in [0.4, 0.5) is 0 Å². The van der Waals surface area contributed by atoms with E-state index in [0.29, 0.717) is 39.1 Å². The molecule has 0 aromatic carbocycles. The Labute approximate surface area is 112 Å². The first-order valence-corrected chi connectivity index (χ1v) is 5.85. The summed E-state index contributed by atoms with van der Waals surface area (Å²) < 4.78 is 10.4. The van der Waals surface area contributed by atoms with Crippen molar-refractivity contribution in [2.45, 2.75) is 19.4 Å². The Morgan fingerprint density at radius 3 is 2.72 bits per heavy atom. The number of ether oxygens (including phenoxy) is 1. The smallest absolute Gasteiger partial charge is 0.228 e. The maximum atomic E-state index is 12.2. The molecule has 6 heteroatoms. The van der Waals surface area contributed by atoms with Crippen LogP contribution in [0, 0.1) is 5.41 Å². The van der Waals surface area contributed by atoms with Crippen molar-refractivity contribution in [3.63, 3.8) is 0 Å². The second-order valence-electron chi connectivity index (χ2n) is 4.36. The molecule has 0 radical (unpaired) electrons. The summed E-state index contributed by atoms with van der Waals surface area (Å²) in [6.45, 7) is 1.98. The van der Waals surface area contributed by atoms with Gasteiger partial charge in [-0.25, -0.2) is 0 Å². The minimum absolute atomic E-state index is 0. The molecule has 0 saturated carbocycles. The van der Waals surface area contributed by atoms with Crippen LogP contribution in [0.15, 0.2) is 22.8 Å². The number of nitrogens with two attached hydrogens (primary N) is 1. The van der Waals surface area contributed by atoms with Crippen molar-refractivity contribution in [3.8, 4) is 0 Å². The molecule has 0 spiro atoms. The molecule has 1 aromatic heterocycles. The Morgan fingerprint density at radius 2 is 2.17 bits per heavy atom. The zero-order valence-electron chi connectivity index (χ0n) is 10.2. The molecule has 2 rings (SSSR count). The third-order valence-electron chi connectivity index (χ3n) is 3.33. The largest absolute Gasteiger partial charge is 0.467 e. The van der Waals surface area contributed by atoms with E-state index in [1.54, 1.807) is 12.3 Å². The number of amides is 1. The van der Waals surface area contributed by atoms with E-state index in [4.69, 9.17) is 14.9 Å². The number of nitrogens with one attached hydrogen (secondary N) is 1. The number of rotatable bonds is 4. The summed E-state index contributed by atoms with van der Waals surface area (Å²) in [5.41, 5.74) is 5.28. The van der Waals surface area contributed by atoms with Gasteiger partial charge in [-0.1, -0.05) is 0 Å². The fourth-order valence-electron chi connectivity index (χ4n) is 2.05. The van der Waals surface area contributed by atoms with Gasteiger partial charge in [-0.3, -0.25) is 4.79 Å². The highest BCUT2D eigenvalue weighted by Crippen LogP contribution is 2.29. The SMILES string of the molecule is Cl.NCC1(C(=O)NCc2ccco2)CCOCC1. The van der Waals surface area contributed by atoms with Gasteiger partial charge in [0, 0.05) is 19.8 Å². The summed E-state index contributed by atoms with van der Waals surface area (Å²) in [4.78, 5) is 12.2. The number of hydrogen-bond donors (Lipinski definition) is 2. The van der Waals surface area contributed by atoms with Crippen molar-refractivity contribution in [1.82, 2.24) is 5.32 Å². The summed E-state index contributed by atoms with van der Waals surface area (Å²) in [5, 5.41) is 2.88. The van der Waals surface area contributed by atoms with Crippen molar-refractivity contribution in [2.75, 3.05) is 19.8 Å². The Kier molecular flexibility index (Phi) is 5.65. The van der Waals surface area contributed by atoms with Gasteiger partial charge in [0.15, 0.2) is 0 Å². The molecule has 1 fully saturated rings. The molecular weight excluding hydrogens is 256 g/mol. The lowest BCUT2D eigenvalue weighted by atomic mass is 9.79. The van der Waals surface area contributed by atoms with E-state index in [-0.39, 0.29) is 18.3 Å². The standard InChI is InChI=1S/C12H18N2O3.ClH/c13-9-12(3-6-16-7-4-12)11(15)14-8-10-2-1-5-17-10;/h1-2,5H,3-4,6-9,13H2,(H,14,15);1H. The number of carbonyl (C=O) groups is 1. The Bertz CT molecular complexity index is 361. The summed E-state index contributed by atoms with van der Waals surface area (Å²) in [5.74, 6) is 0.747. The molecule has 1 saturated heterocycles. The van der Waals surface area contributed by atoms with Crippen LogP contribution < -0.4 is 11.1 Å². The molecule has 0 aliphatic carbocycles. The van der Waals surface area contributed by atoms with E-state index in [1.807, 2.05) is 6.07 Å². The summed E-state index contributed by atoms with van der Waals surface area (Å²) in [6.07, 6.45) is 2.97. The number of carbonyl (C=O) groups excluding carboxylic acids is 1. The van der Waals surface area contributed by atoms with Crippen LogP contribution in [0.1, 0.15) is 18.6 Å². The molecule has 1 aromatic rings. The van der Waals surface area contributed by atoms with Gasteiger partial charge in [0.05, 0.1) is 18.2 Å². The molecule has 2 heterocycles. The lowest BCUT2D eigenvalue weighted by Crippen LogP contribution is -2.48. The summed E-state index contributed by atoms with van der Waals surface area (Å²) in [7, 11) is 0. The van der Waals surface area contributed by atoms with E-state index in [1.165, 1.54) is 0 Å². The maximum Gasteiger partial charge on any atom is 0.228 e. The third-order valence-corrected chi connectivity index (χ3v) is 3.33. The number of halogens is 1. The van der Waals surface area contributed by atoms with Crippen molar-refractivity contribution in [1.29, 1.82) is 0 Å². The molecule has 0 atom stereocenters. The van der Waals surface area contributed by atoms with Gasteiger partial charge < -0.3 is 20.2 Å². The maximum absolute atomic E-state index is 12.2. The van der Waals surface area contributed by atoms with E-state index in [0.717, 1.165) is 5.76 Å². The van der Waals surface area contributed by atoms with E-state index < -0.39 is 5.41 Å². The van der Waals surface area contributed by atoms with E-state index in [9.17, 15) is 4.79 Å². The van der Waals surface area contributed by atoms with Gasteiger partial charge in [-0.15, -0.1) is 12.4 Å². The molecule has 1 aliphatic heterocycles. The van der Waals surface area contributed by atoms with Crippen LogP contribution >= 0.6 is 12.4 Å². The highest BCUT2D eigenvalue weighted by molar-refractivity contribution is 5.85. The second-order valence-corrected chi connectivity index (χ2v) is 4.36. The van der Waals surface area contributed by atoms with E-state index in [2.05, 4.69) is 5.32 Å². The van der Waals surface area contributed by atoms with Gasteiger partial charge in [0.2, 0.25) is 5.91 Å². The van der Waals surface area contributed by atoms with Gasteiger partial charge >= 0.3 is 0 Å². The minimum atomic E-state index is -0.467. The summed E-state index contributed by atoms with van der Waals surface area (Å²) in [6, 6.07) is 3.63. The van der Waals surface area contributed by atoms with Crippen molar-refractivity contribution < 1.29 is 13.9 Å². The topological polar surface area (TPSA) is 77.5 Å². The van der Waals surface area contributed by atoms with Crippen LogP contribution in [0.25, 0.3) is 0 Å². The van der Waals surface area contributed by atoms with Gasteiger partial charge in [-0.05, 0) is 25.0 Å². The Balaban J connectivity index is 0.00000162. The first-order chi connectivity index (χ1) is 8.27.